The van der Waals surface area contributed by atoms with Crippen LogP contribution in [-0.4, -0.2) is 16.7 Å². The highest BCUT2D eigenvalue weighted by molar-refractivity contribution is 5.49. The van der Waals surface area contributed by atoms with Crippen LogP contribution in [0.2, 0.25) is 0 Å². The molecule has 0 fully saturated rings. The molecule has 0 saturated carbocycles. The maximum absolute atomic E-state index is 5.19. The Bertz CT molecular complexity index is 464. The van der Waals surface area contributed by atoms with Crippen LogP contribution in [0.15, 0.2) is 28.9 Å². The van der Waals surface area contributed by atoms with Crippen molar-refractivity contribution in [2.24, 2.45) is 0 Å². The second-order valence-corrected chi connectivity index (χ2v) is 3.61. The van der Waals surface area contributed by atoms with E-state index >= 15 is 0 Å². The SMILES string of the molecule is c1ccc(Cc2noc3c2CCN3)nc1. The van der Waals surface area contributed by atoms with E-state index in [0.717, 1.165) is 36.7 Å². The molecule has 1 N–H and O–H groups in total. The number of nitrogens with one attached hydrogen (secondary N) is 1. The lowest BCUT2D eigenvalue weighted by Gasteiger charge is -1.96. The Morgan fingerprint density at radius 1 is 1.40 bits per heavy atom. The van der Waals surface area contributed by atoms with Crippen LogP contribution in [0.1, 0.15) is 17.0 Å². The fourth-order valence-electron chi connectivity index (χ4n) is 1.85. The van der Waals surface area contributed by atoms with E-state index in [1.165, 1.54) is 5.56 Å². The second kappa shape index (κ2) is 3.38. The predicted molar refractivity (Wildman–Crippen MR) is 55.7 cm³/mol. The summed E-state index contributed by atoms with van der Waals surface area (Å²) in [5, 5.41) is 7.21. The molecule has 1 aliphatic heterocycles. The van der Waals surface area contributed by atoms with Gasteiger partial charge in [0.25, 0.3) is 0 Å². The van der Waals surface area contributed by atoms with E-state index in [1.54, 1.807) is 6.20 Å². The van der Waals surface area contributed by atoms with Crippen molar-refractivity contribution in [3.05, 3.63) is 41.3 Å². The molecule has 0 aromatic carbocycles. The standard InChI is InChI=1S/C11H11N3O/c1-2-5-12-8(3-1)7-10-9-4-6-13-11(9)15-14-10/h1-3,5,13H,4,6-7H2. The minimum atomic E-state index is 0.751. The third-order valence-electron chi connectivity index (χ3n) is 2.60. The average Bonchev–Trinajstić information content (AvgIpc) is 2.85. The first kappa shape index (κ1) is 8.47. The van der Waals surface area contributed by atoms with Crippen molar-refractivity contribution in [1.82, 2.24) is 10.1 Å². The summed E-state index contributed by atoms with van der Waals surface area (Å²) in [4.78, 5) is 4.28. The van der Waals surface area contributed by atoms with Crippen LogP contribution in [0.25, 0.3) is 0 Å². The van der Waals surface area contributed by atoms with Crippen molar-refractivity contribution in [1.29, 1.82) is 0 Å². The Morgan fingerprint density at radius 2 is 2.40 bits per heavy atom. The molecule has 0 atom stereocenters. The molecule has 0 amide bonds. The summed E-state index contributed by atoms with van der Waals surface area (Å²) in [6.45, 7) is 0.950. The van der Waals surface area contributed by atoms with Crippen molar-refractivity contribution in [2.45, 2.75) is 12.8 Å². The normalized spacial score (nSPS) is 13.6. The Hall–Kier alpha value is -1.84. The number of pyridine rings is 1. The maximum Gasteiger partial charge on any atom is 0.228 e. The summed E-state index contributed by atoms with van der Waals surface area (Å²) in [6, 6.07) is 5.91. The zero-order valence-corrected chi connectivity index (χ0v) is 8.23. The number of hydrogen-bond donors (Lipinski definition) is 1. The van der Waals surface area contributed by atoms with Crippen LogP contribution in [-0.2, 0) is 12.8 Å². The zero-order chi connectivity index (χ0) is 10.1. The number of fused-ring (bicyclic) bond motifs is 1. The first-order valence-electron chi connectivity index (χ1n) is 5.04. The van der Waals surface area contributed by atoms with Crippen molar-refractivity contribution < 1.29 is 4.52 Å². The third-order valence-corrected chi connectivity index (χ3v) is 2.60. The number of nitrogens with zero attached hydrogens (tertiary/aromatic N) is 2. The van der Waals surface area contributed by atoms with Gasteiger partial charge in [0.15, 0.2) is 0 Å². The van der Waals surface area contributed by atoms with Gasteiger partial charge in [-0.15, -0.1) is 0 Å². The van der Waals surface area contributed by atoms with E-state index in [-0.39, 0.29) is 0 Å². The van der Waals surface area contributed by atoms with Gasteiger partial charge >= 0.3 is 0 Å². The first-order valence-corrected chi connectivity index (χ1v) is 5.04. The Kier molecular flexibility index (Phi) is 1.91. The van der Waals surface area contributed by atoms with Crippen LogP contribution in [0.4, 0.5) is 5.88 Å². The molecule has 2 aromatic heterocycles. The van der Waals surface area contributed by atoms with E-state index in [2.05, 4.69) is 15.5 Å². The largest absolute Gasteiger partial charge is 0.353 e. The zero-order valence-electron chi connectivity index (χ0n) is 8.23. The molecule has 4 heteroatoms. The molecular weight excluding hydrogens is 190 g/mol. The van der Waals surface area contributed by atoms with Crippen molar-refractivity contribution in [2.75, 3.05) is 11.9 Å². The Morgan fingerprint density at radius 3 is 3.27 bits per heavy atom. The van der Waals surface area contributed by atoms with Crippen LogP contribution in [0, 0.1) is 0 Å². The molecule has 0 saturated heterocycles. The Balaban J connectivity index is 1.89. The minimum Gasteiger partial charge on any atom is -0.353 e. The van der Waals surface area contributed by atoms with Gasteiger partial charge in [-0.05, 0) is 18.6 Å². The van der Waals surface area contributed by atoms with Gasteiger partial charge < -0.3 is 9.84 Å². The van der Waals surface area contributed by atoms with Crippen LogP contribution in [0.5, 0.6) is 0 Å². The van der Waals surface area contributed by atoms with Gasteiger partial charge in [0.05, 0.1) is 5.69 Å². The topological polar surface area (TPSA) is 51.0 Å². The molecule has 4 nitrogen and oxygen atoms in total. The van der Waals surface area contributed by atoms with E-state index in [0.29, 0.717) is 0 Å². The summed E-state index contributed by atoms with van der Waals surface area (Å²) in [6.07, 6.45) is 3.55. The molecule has 3 rings (SSSR count). The summed E-state index contributed by atoms with van der Waals surface area (Å²) >= 11 is 0. The highest BCUT2D eigenvalue weighted by Gasteiger charge is 2.20. The molecule has 15 heavy (non-hydrogen) atoms. The van der Waals surface area contributed by atoms with Gasteiger partial charge in [-0.2, -0.15) is 0 Å². The van der Waals surface area contributed by atoms with Gasteiger partial charge in [-0.25, -0.2) is 0 Å². The van der Waals surface area contributed by atoms with Gasteiger partial charge in [0, 0.05) is 30.4 Å². The molecule has 3 heterocycles. The van der Waals surface area contributed by atoms with Gasteiger partial charge in [0.2, 0.25) is 5.88 Å². The highest BCUT2D eigenvalue weighted by Crippen LogP contribution is 2.26. The summed E-state index contributed by atoms with van der Waals surface area (Å²) in [5.41, 5.74) is 3.25. The first-order chi connectivity index (χ1) is 7.43. The predicted octanol–water partition coefficient (Wildman–Crippen LogP) is 1.63. The lowest BCUT2D eigenvalue weighted by Crippen LogP contribution is -1.96. The molecule has 0 radical (unpaired) electrons. The monoisotopic (exact) mass is 201 g/mol. The van der Waals surface area contributed by atoms with Gasteiger partial charge in [-0.3, -0.25) is 4.98 Å². The van der Waals surface area contributed by atoms with E-state index in [1.807, 2.05) is 18.2 Å². The number of hydrogen-bond acceptors (Lipinski definition) is 4. The van der Waals surface area contributed by atoms with Crippen LogP contribution < -0.4 is 5.32 Å². The summed E-state index contributed by atoms with van der Waals surface area (Å²) in [7, 11) is 0. The van der Waals surface area contributed by atoms with Crippen molar-refractivity contribution in [3.8, 4) is 0 Å². The molecule has 2 aromatic rings. The summed E-state index contributed by atoms with van der Waals surface area (Å²) < 4.78 is 5.19. The maximum atomic E-state index is 5.19. The average molecular weight is 201 g/mol. The minimum absolute atomic E-state index is 0.751. The molecule has 0 aliphatic carbocycles. The van der Waals surface area contributed by atoms with Crippen LogP contribution in [0.3, 0.4) is 0 Å². The molecule has 0 unspecified atom stereocenters. The van der Waals surface area contributed by atoms with E-state index in [4.69, 9.17) is 4.52 Å². The molecule has 1 aliphatic rings. The quantitative estimate of drug-likeness (QED) is 0.802. The lowest BCUT2D eigenvalue weighted by atomic mass is 10.1. The second-order valence-electron chi connectivity index (χ2n) is 3.61. The molecule has 0 bridgehead atoms. The molecular formula is C11H11N3O. The Labute approximate surface area is 87.3 Å². The van der Waals surface area contributed by atoms with Gasteiger partial charge in [-0.1, -0.05) is 11.2 Å². The van der Waals surface area contributed by atoms with Gasteiger partial charge in [0.1, 0.15) is 0 Å². The van der Waals surface area contributed by atoms with E-state index < -0.39 is 0 Å². The third kappa shape index (κ3) is 1.48. The number of aromatic nitrogens is 2. The van der Waals surface area contributed by atoms with Crippen molar-refractivity contribution >= 4 is 5.88 Å². The number of rotatable bonds is 2. The highest BCUT2D eigenvalue weighted by atomic mass is 16.5. The van der Waals surface area contributed by atoms with E-state index in [9.17, 15) is 0 Å². The fraction of sp³-hybridized carbons (Fsp3) is 0.273. The number of anilines is 1. The molecule has 76 valence electrons. The smallest absolute Gasteiger partial charge is 0.228 e. The summed E-state index contributed by atoms with van der Waals surface area (Å²) in [5.74, 6) is 0.834. The van der Waals surface area contributed by atoms with Crippen LogP contribution >= 0.6 is 0 Å². The molecule has 0 spiro atoms. The fourth-order valence-corrected chi connectivity index (χ4v) is 1.85. The van der Waals surface area contributed by atoms with Crippen molar-refractivity contribution in [3.63, 3.8) is 0 Å². The lowest BCUT2D eigenvalue weighted by molar-refractivity contribution is 0.426.